The molecule has 0 aliphatic rings. The van der Waals surface area contributed by atoms with Crippen molar-refractivity contribution in [3.8, 4) is 0 Å². The fraction of sp³-hybridized carbons (Fsp3) is 0.312. The molecule has 0 atom stereocenters. The third kappa shape index (κ3) is 4.94. The summed E-state index contributed by atoms with van der Waals surface area (Å²) < 4.78 is 39.6. The van der Waals surface area contributed by atoms with Crippen LogP contribution in [0.2, 0.25) is 0 Å². The molecule has 0 fully saturated rings. The van der Waals surface area contributed by atoms with Crippen LogP contribution in [0.1, 0.15) is 15.6 Å². The number of hydrogen-bond acceptors (Lipinski definition) is 4. The summed E-state index contributed by atoms with van der Waals surface area (Å²) in [5.41, 5.74) is 0.483. The number of hydrogen-bond donors (Lipinski definition) is 3. The molecule has 1 heterocycles. The highest BCUT2D eigenvalue weighted by molar-refractivity contribution is 7.11. The Bertz CT molecular complexity index is 838. The van der Waals surface area contributed by atoms with E-state index >= 15 is 0 Å². The highest BCUT2D eigenvalue weighted by Gasteiger charge is 2.15. The standard InChI is InChI=1S/C16H18F3N5OS/c1-8-12(26-9(2)23-8)6-21-16(20-3)22-7-13(25)24-11-5-4-10(17)14(18)15(11)19/h4-5H,6-7H2,1-3H3,(H,24,25)(H2,20,21,22). The minimum absolute atomic E-state index is 0.237. The van der Waals surface area contributed by atoms with Gasteiger partial charge in [0.1, 0.15) is 0 Å². The minimum Gasteiger partial charge on any atom is -0.351 e. The van der Waals surface area contributed by atoms with Crippen LogP contribution in [0.5, 0.6) is 0 Å². The number of benzene rings is 1. The molecule has 1 amide bonds. The van der Waals surface area contributed by atoms with Gasteiger partial charge in [0.25, 0.3) is 0 Å². The van der Waals surface area contributed by atoms with Crippen molar-refractivity contribution in [2.75, 3.05) is 18.9 Å². The molecular weight excluding hydrogens is 367 g/mol. The average molecular weight is 385 g/mol. The van der Waals surface area contributed by atoms with Crippen LogP contribution < -0.4 is 16.0 Å². The summed E-state index contributed by atoms with van der Waals surface area (Å²) in [4.78, 5) is 21.2. The molecular formula is C16H18F3N5OS. The lowest BCUT2D eigenvalue weighted by atomic mass is 10.2. The molecule has 3 N–H and O–H groups in total. The summed E-state index contributed by atoms with van der Waals surface area (Å²) in [6.45, 7) is 4.06. The Hall–Kier alpha value is -2.62. The van der Waals surface area contributed by atoms with Gasteiger partial charge in [-0.3, -0.25) is 9.79 Å². The molecule has 0 radical (unpaired) electrons. The summed E-state index contributed by atoms with van der Waals surface area (Å²) in [7, 11) is 1.53. The smallest absolute Gasteiger partial charge is 0.243 e. The van der Waals surface area contributed by atoms with Crippen molar-refractivity contribution < 1.29 is 18.0 Å². The van der Waals surface area contributed by atoms with Gasteiger partial charge < -0.3 is 16.0 Å². The second-order valence-corrected chi connectivity index (χ2v) is 6.58. The summed E-state index contributed by atoms with van der Waals surface area (Å²) >= 11 is 1.55. The van der Waals surface area contributed by atoms with Crippen LogP contribution in [0.25, 0.3) is 0 Å². The lowest BCUT2D eigenvalue weighted by molar-refractivity contribution is -0.115. The number of amides is 1. The Morgan fingerprint density at radius 2 is 1.92 bits per heavy atom. The van der Waals surface area contributed by atoms with Crippen molar-refractivity contribution >= 4 is 28.9 Å². The predicted octanol–water partition coefficient (Wildman–Crippen LogP) is 2.48. The molecule has 0 aliphatic heterocycles. The highest BCUT2D eigenvalue weighted by atomic mass is 32.1. The molecule has 6 nitrogen and oxygen atoms in total. The molecule has 2 rings (SSSR count). The zero-order valence-electron chi connectivity index (χ0n) is 14.4. The quantitative estimate of drug-likeness (QED) is 0.420. The first-order chi connectivity index (χ1) is 12.3. The van der Waals surface area contributed by atoms with Crippen molar-refractivity contribution in [1.82, 2.24) is 15.6 Å². The molecule has 1 aromatic carbocycles. The van der Waals surface area contributed by atoms with Crippen LogP contribution in [0.15, 0.2) is 17.1 Å². The number of rotatable bonds is 5. The number of aryl methyl sites for hydroxylation is 2. The van der Waals surface area contributed by atoms with E-state index in [1.54, 1.807) is 11.3 Å². The number of halogens is 3. The van der Waals surface area contributed by atoms with Crippen molar-refractivity contribution in [1.29, 1.82) is 0 Å². The van der Waals surface area contributed by atoms with Crippen molar-refractivity contribution in [3.63, 3.8) is 0 Å². The van der Waals surface area contributed by atoms with Crippen LogP contribution in [0, 0.1) is 31.3 Å². The van der Waals surface area contributed by atoms with E-state index in [1.165, 1.54) is 7.05 Å². The van der Waals surface area contributed by atoms with Crippen LogP contribution in [-0.2, 0) is 11.3 Å². The van der Waals surface area contributed by atoms with Crippen LogP contribution >= 0.6 is 11.3 Å². The fourth-order valence-electron chi connectivity index (χ4n) is 2.10. The summed E-state index contributed by atoms with van der Waals surface area (Å²) in [6.07, 6.45) is 0. The zero-order valence-corrected chi connectivity index (χ0v) is 15.2. The lowest BCUT2D eigenvalue weighted by Crippen LogP contribution is -2.41. The monoisotopic (exact) mass is 385 g/mol. The van der Waals surface area contributed by atoms with Gasteiger partial charge in [0.2, 0.25) is 5.91 Å². The van der Waals surface area contributed by atoms with Crippen LogP contribution in [-0.4, -0.2) is 30.4 Å². The number of aromatic nitrogens is 1. The van der Waals surface area contributed by atoms with Gasteiger partial charge in [-0.05, 0) is 26.0 Å². The van der Waals surface area contributed by atoms with Gasteiger partial charge in [-0.25, -0.2) is 18.2 Å². The largest absolute Gasteiger partial charge is 0.351 e. The van der Waals surface area contributed by atoms with Crippen molar-refractivity contribution in [3.05, 3.63) is 45.2 Å². The molecule has 0 spiro atoms. The van der Waals surface area contributed by atoms with Crippen molar-refractivity contribution in [2.24, 2.45) is 4.99 Å². The van der Waals surface area contributed by atoms with E-state index in [2.05, 4.69) is 25.9 Å². The Labute approximate surface area is 152 Å². The number of thiazole rings is 1. The SMILES string of the molecule is CN=C(NCC(=O)Nc1ccc(F)c(F)c1F)NCc1sc(C)nc1C. The number of guanidine groups is 1. The zero-order chi connectivity index (χ0) is 19.3. The van der Waals surface area contributed by atoms with Crippen LogP contribution in [0.4, 0.5) is 18.9 Å². The predicted molar refractivity (Wildman–Crippen MR) is 94.7 cm³/mol. The van der Waals surface area contributed by atoms with Gasteiger partial charge in [-0.2, -0.15) is 0 Å². The number of carbonyl (C=O) groups excluding carboxylic acids is 1. The molecule has 0 bridgehead atoms. The molecule has 2 aromatic rings. The van der Waals surface area contributed by atoms with E-state index in [-0.39, 0.29) is 6.54 Å². The van der Waals surface area contributed by atoms with E-state index in [9.17, 15) is 18.0 Å². The molecule has 1 aromatic heterocycles. The number of nitrogens with one attached hydrogen (secondary N) is 3. The molecule has 0 saturated heterocycles. The first-order valence-corrected chi connectivity index (χ1v) is 8.44. The first kappa shape index (κ1) is 19.7. The fourth-order valence-corrected chi connectivity index (χ4v) is 2.98. The second kappa shape index (κ2) is 8.65. The normalized spacial score (nSPS) is 11.4. The maximum absolute atomic E-state index is 13.5. The van der Waals surface area contributed by atoms with E-state index in [1.807, 2.05) is 13.8 Å². The molecule has 10 heteroatoms. The Morgan fingerprint density at radius 3 is 2.54 bits per heavy atom. The van der Waals surface area contributed by atoms with E-state index in [0.29, 0.717) is 12.5 Å². The Balaban J connectivity index is 1.87. The van der Waals surface area contributed by atoms with E-state index in [4.69, 9.17) is 0 Å². The maximum Gasteiger partial charge on any atom is 0.243 e. The number of carbonyl (C=O) groups is 1. The van der Waals surface area contributed by atoms with Gasteiger partial charge in [-0.15, -0.1) is 11.3 Å². The first-order valence-electron chi connectivity index (χ1n) is 7.62. The summed E-state index contributed by atoms with van der Waals surface area (Å²) in [5.74, 6) is -4.68. The van der Waals surface area contributed by atoms with E-state index < -0.39 is 29.0 Å². The highest BCUT2D eigenvalue weighted by Crippen LogP contribution is 2.19. The van der Waals surface area contributed by atoms with Crippen molar-refractivity contribution in [2.45, 2.75) is 20.4 Å². The van der Waals surface area contributed by atoms with Gasteiger partial charge in [0, 0.05) is 11.9 Å². The lowest BCUT2D eigenvalue weighted by Gasteiger charge is -2.12. The van der Waals surface area contributed by atoms with Gasteiger partial charge in [-0.1, -0.05) is 0 Å². The average Bonchev–Trinajstić information content (AvgIpc) is 2.93. The number of aliphatic imine (C=N–C) groups is 1. The van der Waals surface area contributed by atoms with Crippen LogP contribution in [0.3, 0.4) is 0 Å². The van der Waals surface area contributed by atoms with Gasteiger partial charge in [0.15, 0.2) is 23.4 Å². The molecule has 26 heavy (non-hydrogen) atoms. The molecule has 140 valence electrons. The maximum atomic E-state index is 13.5. The van der Waals surface area contributed by atoms with E-state index in [0.717, 1.165) is 27.7 Å². The topological polar surface area (TPSA) is 78.4 Å². The minimum atomic E-state index is -1.64. The third-order valence-corrected chi connectivity index (χ3v) is 4.44. The summed E-state index contributed by atoms with van der Waals surface area (Å²) in [5, 5.41) is 8.91. The second-order valence-electron chi connectivity index (χ2n) is 5.29. The summed E-state index contributed by atoms with van der Waals surface area (Å²) in [6, 6.07) is 1.69. The molecule has 0 unspecified atom stereocenters. The number of anilines is 1. The van der Waals surface area contributed by atoms with Gasteiger partial charge >= 0.3 is 0 Å². The third-order valence-electron chi connectivity index (χ3n) is 3.37. The molecule has 0 saturated carbocycles. The Kier molecular flexibility index (Phi) is 6.56. The molecule has 0 aliphatic carbocycles. The number of nitrogens with zero attached hydrogens (tertiary/aromatic N) is 2. The van der Waals surface area contributed by atoms with Gasteiger partial charge in [0.05, 0.1) is 29.5 Å². The Morgan fingerprint density at radius 1 is 1.19 bits per heavy atom.